The molecule has 1 N–H and O–H groups in total. The largest absolute Gasteiger partial charge is 0.345 e. The van der Waals surface area contributed by atoms with Gasteiger partial charge in [0.05, 0.1) is 11.2 Å². The Balaban J connectivity index is 2.76. The second-order valence-electron chi connectivity index (χ2n) is 3.77. The van der Waals surface area contributed by atoms with E-state index in [1.54, 1.807) is 5.51 Å². The van der Waals surface area contributed by atoms with Gasteiger partial charge in [0.25, 0.3) is 5.91 Å². The minimum atomic E-state index is -0.187. The van der Waals surface area contributed by atoms with Gasteiger partial charge in [-0.25, -0.2) is 4.98 Å². The van der Waals surface area contributed by atoms with Gasteiger partial charge in [-0.2, -0.15) is 0 Å². The van der Waals surface area contributed by atoms with Crippen LogP contribution in [0.1, 0.15) is 35.6 Å². The molecule has 0 bridgehead atoms. The molecule has 0 aliphatic rings. The van der Waals surface area contributed by atoms with E-state index in [0.29, 0.717) is 4.88 Å². The van der Waals surface area contributed by atoms with Crippen LogP contribution in [0.3, 0.4) is 0 Å². The summed E-state index contributed by atoms with van der Waals surface area (Å²) in [6.45, 7) is 5.93. The minimum absolute atomic E-state index is 0.0289. The first-order chi connectivity index (χ1) is 7.02. The number of amides is 1. The lowest BCUT2D eigenvalue weighted by Crippen LogP contribution is -2.46. The predicted molar refractivity (Wildman–Crippen MR) is 66.8 cm³/mol. The SMILES string of the molecule is CCC(C)(CBr)NC(=O)c1scnc1C. The summed E-state index contributed by atoms with van der Waals surface area (Å²) < 4.78 is 0. The molecular formula is C10H15BrN2OS. The molecule has 0 aromatic carbocycles. The van der Waals surface area contributed by atoms with Crippen molar-refractivity contribution in [1.82, 2.24) is 10.3 Å². The summed E-state index contributed by atoms with van der Waals surface area (Å²) >= 11 is 4.80. The highest BCUT2D eigenvalue weighted by molar-refractivity contribution is 9.09. The molecular weight excluding hydrogens is 276 g/mol. The van der Waals surface area contributed by atoms with Gasteiger partial charge in [0.1, 0.15) is 4.88 Å². The van der Waals surface area contributed by atoms with Crippen LogP contribution in [0.2, 0.25) is 0 Å². The number of aryl methyl sites for hydroxylation is 1. The molecule has 1 amide bonds. The van der Waals surface area contributed by atoms with Crippen LogP contribution < -0.4 is 5.32 Å². The number of nitrogens with zero attached hydrogens (tertiary/aromatic N) is 1. The van der Waals surface area contributed by atoms with Crippen LogP contribution in [0.4, 0.5) is 0 Å². The third-order valence-corrected chi connectivity index (χ3v) is 4.61. The molecule has 84 valence electrons. The number of carbonyl (C=O) groups is 1. The summed E-state index contributed by atoms with van der Waals surface area (Å²) in [6.07, 6.45) is 0.891. The number of nitrogens with one attached hydrogen (secondary N) is 1. The molecule has 0 fully saturated rings. The molecule has 0 radical (unpaired) electrons. The Labute approximate surface area is 102 Å². The summed E-state index contributed by atoms with van der Waals surface area (Å²) in [5.74, 6) is -0.0289. The number of hydrogen-bond acceptors (Lipinski definition) is 3. The molecule has 1 rings (SSSR count). The molecule has 1 aromatic rings. The number of halogens is 1. The fourth-order valence-electron chi connectivity index (χ4n) is 1.07. The van der Waals surface area contributed by atoms with Crippen LogP contribution in [0.5, 0.6) is 0 Å². The maximum atomic E-state index is 11.9. The molecule has 0 aliphatic heterocycles. The van der Waals surface area contributed by atoms with Crippen molar-refractivity contribution in [3.8, 4) is 0 Å². The van der Waals surface area contributed by atoms with Crippen molar-refractivity contribution in [2.75, 3.05) is 5.33 Å². The van der Waals surface area contributed by atoms with Gasteiger partial charge in [-0.05, 0) is 20.3 Å². The van der Waals surface area contributed by atoms with E-state index in [9.17, 15) is 4.79 Å². The first-order valence-electron chi connectivity index (χ1n) is 4.81. The molecule has 1 atom stereocenters. The Hall–Kier alpha value is -0.420. The van der Waals surface area contributed by atoms with Gasteiger partial charge in [0.15, 0.2) is 0 Å². The number of rotatable bonds is 4. The van der Waals surface area contributed by atoms with Crippen molar-refractivity contribution in [2.45, 2.75) is 32.7 Å². The molecule has 3 nitrogen and oxygen atoms in total. The lowest BCUT2D eigenvalue weighted by atomic mass is 10.0. The first kappa shape index (κ1) is 12.6. The van der Waals surface area contributed by atoms with Crippen LogP contribution in [0, 0.1) is 6.92 Å². The number of hydrogen-bond donors (Lipinski definition) is 1. The van der Waals surface area contributed by atoms with E-state index in [1.807, 2.05) is 13.8 Å². The summed E-state index contributed by atoms with van der Waals surface area (Å²) in [5, 5.41) is 3.77. The fourth-order valence-corrected chi connectivity index (χ4v) is 2.30. The van der Waals surface area contributed by atoms with E-state index in [2.05, 4.69) is 33.2 Å². The van der Waals surface area contributed by atoms with Gasteiger partial charge >= 0.3 is 0 Å². The Morgan fingerprint density at radius 1 is 1.73 bits per heavy atom. The third kappa shape index (κ3) is 3.01. The standard InChI is InChI=1S/C10H15BrN2OS/c1-4-10(3,5-11)13-9(14)8-7(2)12-6-15-8/h6H,4-5H2,1-3H3,(H,13,14). The fraction of sp³-hybridized carbons (Fsp3) is 0.600. The van der Waals surface area contributed by atoms with E-state index < -0.39 is 0 Å². The average Bonchev–Trinajstić information content (AvgIpc) is 2.64. The molecule has 1 aromatic heterocycles. The topological polar surface area (TPSA) is 42.0 Å². The van der Waals surface area contributed by atoms with Crippen LogP contribution in [0.25, 0.3) is 0 Å². The molecule has 0 spiro atoms. The summed E-state index contributed by atoms with van der Waals surface area (Å²) in [5.41, 5.74) is 2.31. The van der Waals surface area contributed by atoms with Crippen molar-refractivity contribution >= 4 is 33.2 Å². The quantitative estimate of drug-likeness (QED) is 0.867. The van der Waals surface area contributed by atoms with Gasteiger partial charge in [-0.1, -0.05) is 22.9 Å². The van der Waals surface area contributed by atoms with E-state index in [-0.39, 0.29) is 11.4 Å². The highest BCUT2D eigenvalue weighted by atomic mass is 79.9. The average molecular weight is 291 g/mol. The van der Waals surface area contributed by atoms with Crippen molar-refractivity contribution in [3.05, 3.63) is 16.1 Å². The highest BCUT2D eigenvalue weighted by Crippen LogP contribution is 2.17. The zero-order chi connectivity index (χ0) is 11.5. The van der Waals surface area contributed by atoms with Gasteiger partial charge in [0, 0.05) is 10.9 Å². The summed E-state index contributed by atoms with van der Waals surface area (Å²) in [7, 11) is 0. The number of alkyl halides is 1. The molecule has 1 heterocycles. The van der Waals surface area contributed by atoms with E-state index in [1.165, 1.54) is 11.3 Å². The first-order valence-corrected chi connectivity index (χ1v) is 6.81. The van der Waals surface area contributed by atoms with Gasteiger partial charge in [-0.3, -0.25) is 4.79 Å². The number of aromatic nitrogens is 1. The van der Waals surface area contributed by atoms with Crippen LogP contribution in [0.15, 0.2) is 5.51 Å². The van der Waals surface area contributed by atoms with Crippen LogP contribution in [-0.4, -0.2) is 21.8 Å². The lowest BCUT2D eigenvalue weighted by Gasteiger charge is -2.27. The normalized spacial score (nSPS) is 14.7. The molecule has 15 heavy (non-hydrogen) atoms. The zero-order valence-electron chi connectivity index (χ0n) is 9.13. The summed E-state index contributed by atoms with van der Waals surface area (Å²) in [4.78, 5) is 16.7. The maximum absolute atomic E-state index is 11.9. The minimum Gasteiger partial charge on any atom is -0.345 e. The predicted octanol–water partition coefficient (Wildman–Crippen LogP) is 2.74. The van der Waals surface area contributed by atoms with Crippen LogP contribution in [-0.2, 0) is 0 Å². The zero-order valence-corrected chi connectivity index (χ0v) is 11.5. The Bertz CT molecular complexity index is 347. The molecule has 1 unspecified atom stereocenters. The van der Waals surface area contributed by atoms with E-state index in [0.717, 1.165) is 17.4 Å². The Morgan fingerprint density at radius 2 is 2.40 bits per heavy atom. The van der Waals surface area contributed by atoms with Crippen molar-refractivity contribution in [2.24, 2.45) is 0 Å². The summed E-state index contributed by atoms with van der Waals surface area (Å²) in [6, 6.07) is 0. The van der Waals surface area contributed by atoms with Gasteiger partial charge < -0.3 is 5.32 Å². The maximum Gasteiger partial charge on any atom is 0.263 e. The van der Waals surface area contributed by atoms with Crippen molar-refractivity contribution in [3.63, 3.8) is 0 Å². The number of carbonyl (C=O) groups excluding carboxylic acids is 1. The van der Waals surface area contributed by atoms with E-state index in [4.69, 9.17) is 0 Å². The highest BCUT2D eigenvalue weighted by Gasteiger charge is 2.24. The lowest BCUT2D eigenvalue weighted by molar-refractivity contribution is 0.0917. The van der Waals surface area contributed by atoms with Crippen molar-refractivity contribution < 1.29 is 4.79 Å². The third-order valence-electron chi connectivity index (χ3n) is 2.44. The van der Waals surface area contributed by atoms with Gasteiger partial charge in [0.2, 0.25) is 0 Å². The Morgan fingerprint density at radius 3 is 2.80 bits per heavy atom. The molecule has 0 saturated heterocycles. The van der Waals surface area contributed by atoms with Crippen LogP contribution >= 0.6 is 27.3 Å². The smallest absolute Gasteiger partial charge is 0.263 e. The molecule has 0 saturated carbocycles. The number of thiazole rings is 1. The Kier molecular flexibility index (Phi) is 4.28. The van der Waals surface area contributed by atoms with Gasteiger partial charge in [-0.15, -0.1) is 11.3 Å². The second-order valence-corrected chi connectivity index (χ2v) is 5.18. The van der Waals surface area contributed by atoms with E-state index >= 15 is 0 Å². The molecule has 0 aliphatic carbocycles. The van der Waals surface area contributed by atoms with Crippen molar-refractivity contribution in [1.29, 1.82) is 0 Å². The second kappa shape index (κ2) is 5.07. The monoisotopic (exact) mass is 290 g/mol. The molecule has 5 heteroatoms.